The van der Waals surface area contributed by atoms with E-state index in [0.29, 0.717) is 18.0 Å². The average Bonchev–Trinajstić information content (AvgIpc) is 2.43. The van der Waals surface area contributed by atoms with E-state index >= 15 is 0 Å². The Morgan fingerprint density at radius 2 is 1.96 bits per heavy atom. The number of hydrogen-bond donors (Lipinski definition) is 1. The van der Waals surface area contributed by atoms with E-state index in [1.54, 1.807) is 22.5 Å². The first-order valence-electron chi connectivity index (χ1n) is 7.76. The maximum atomic E-state index is 12.9. The van der Waals surface area contributed by atoms with Gasteiger partial charge in [0, 0.05) is 25.2 Å². The number of sulfonamides is 1. The third kappa shape index (κ3) is 4.38. The fourth-order valence-electron chi connectivity index (χ4n) is 2.67. The first kappa shape index (κ1) is 20.2. The minimum atomic E-state index is -3.47. The highest BCUT2D eigenvalue weighted by atomic mass is 35.5. The van der Waals surface area contributed by atoms with Crippen molar-refractivity contribution in [2.24, 2.45) is 0 Å². The van der Waals surface area contributed by atoms with Crippen LogP contribution in [0.2, 0.25) is 0 Å². The van der Waals surface area contributed by atoms with Crippen molar-refractivity contribution in [1.29, 1.82) is 0 Å². The van der Waals surface area contributed by atoms with Gasteiger partial charge in [0.2, 0.25) is 10.0 Å². The zero-order chi connectivity index (χ0) is 16.5. The Morgan fingerprint density at radius 3 is 2.52 bits per heavy atom. The molecule has 0 amide bonds. The predicted molar refractivity (Wildman–Crippen MR) is 95.0 cm³/mol. The Kier molecular flexibility index (Phi) is 6.89. The highest BCUT2D eigenvalue weighted by molar-refractivity contribution is 7.89. The normalized spacial score (nSPS) is 22.7. The van der Waals surface area contributed by atoms with Crippen molar-refractivity contribution >= 4 is 22.4 Å². The van der Waals surface area contributed by atoms with Crippen LogP contribution in [0.3, 0.4) is 0 Å². The number of piperazine rings is 1. The summed E-state index contributed by atoms with van der Waals surface area (Å²) in [6, 6.07) is 5.17. The SMILES string of the molecule is Cc1cc(S(=O)(=O)N2CCNC(C)C2C)ccc1OC(C)C.Cl. The Labute approximate surface area is 145 Å². The Balaban J connectivity index is 0.00000264. The van der Waals surface area contributed by atoms with Gasteiger partial charge in [-0.3, -0.25) is 0 Å². The fraction of sp³-hybridized carbons (Fsp3) is 0.625. The molecule has 2 rings (SSSR count). The lowest BCUT2D eigenvalue weighted by atomic mass is 10.1. The minimum Gasteiger partial charge on any atom is -0.491 e. The van der Waals surface area contributed by atoms with E-state index in [2.05, 4.69) is 5.32 Å². The van der Waals surface area contributed by atoms with Gasteiger partial charge in [-0.15, -0.1) is 12.4 Å². The van der Waals surface area contributed by atoms with Crippen molar-refractivity contribution in [3.05, 3.63) is 23.8 Å². The molecule has 1 heterocycles. The summed E-state index contributed by atoms with van der Waals surface area (Å²) < 4.78 is 33.0. The third-order valence-corrected chi connectivity index (χ3v) is 6.07. The van der Waals surface area contributed by atoms with Crippen molar-refractivity contribution in [3.8, 4) is 5.75 Å². The standard InChI is InChI=1S/C16H26N2O3S.ClH/c1-11(2)21-16-7-6-15(10-12(16)3)22(19,20)18-9-8-17-13(4)14(18)5;/h6-7,10-11,13-14,17H,8-9H2,1-5H3;1H. The van der Waals surface area contributed by atoms with E-state index in [-0.39, 0.29) is 30.6 Å². The summed E-state index contributed by atoms with van der Waals surface area (Å²) in [5, 5.41) is 3.30. The maximum absolute atomic E-state index is 12.9. The second kappa shape index (κ2) is 7.83. The third-order valence-electron chi connectivity index (χ3n) is 4.09. The second-order valence-corrected chi connectivity index (χ2v) is 8.08. The summed E-state index contributed by atoms with van der Waals surface area (Å²) in [5.41, 5.74) is 0.839. The molecule has 1 fully saturated rings. The molecule has 1 N–H and O–H groups in total. The van der Waals surface area contributed by atoms with Crippen molar-refractivity contribution in [2.45, 2.75) is 57.7 Å². The first-order chi connectivity index (χ1) is 10.2. The molecular formula is C16H27ClN2O3S. The summed E-state index contributed by atoms with van der Waals surface area (Å²) in [6.07, 6.45) is 0.0650. The van der Waals surface area contributed by atoms with Crippen LogP contribution in [0.1, 0.15) is 33.3 Å². The molecule has 132 valence electrons. The zero-order valence-corrected chi connectivity index (χ0v) is 16.0. The van der Waals surface area contributed by atoms with Gasteiger partial charge in [0.15, 0.2) is 0 Å². The number of nitrogens with zero attached hydrogens (tertiary/aromatic N) is 1. The molecule has 0 aliphatic carbocycles. The van der Waals surface area contributed by atoms with Crippen molar-refractivity contribution in [2.75, 3.05) is 13.1 Å². The summed E-state index contributed by atoms with van der Waals surface area (Å²) in [5.74, 6) is 0.732. The van der Waals surface area contributed by atoms with E-state index in [4.69, 9.17) is 4.74 Å². The van der Waals surface area contributed by atoms with Crippen LogP contribution < -0.4 is 10.1 Å². The van der Waals surface area contributed by atoms with Crippen LogP contribution in [0.15, 0.2) is 23.1 Å². The van der Waals surface area contributed by atoms with Crippen LogP contribution in [-0.2, 0) is 10.0 Å². The number of halogens is 1. The predicted octanol–water partition coefficient (Wildman–Crippen LogP) is 2.57. The lowest BCUT2D eigenvalue weighted by Gasteiger charge is -2.37. The molecule has 5 nitrogen and oxygen atoms in total. The van der Waals surface area contributed by atoms with Gasteiger partial charge >= 0.3 is 0 Å². The number of aryl methyl sites for hydroxylation is 1. The van der Waals surface area contributed by atoms with E-state index in [0.717, 1.165) is 11.3 Å². The van der Waals surface area contributed by atoms with Gasteiger partial charge in [-0.2, -0.15) is 4.31 Å². The molecule has 1 saturated heterocycles. The summed E-state index contributed by atoms with van der Waals surface area (Å²) >= 11 is 0. The quantitative estimate of drug-likeness (QED) is 0.894. The molecule has 23 heavy (non-hydrogen) atoms. The number of hydrogen-bond acceptors (Lipinski definition) is 4. The topological polar surface area (TPSA) is 58.6 Å². The molecular weight excluding hydrogens is 336 g/mol. The van der Waals surface area contributed by atoms with E-state index in [1.807, 2.05) is 34.6 Å². The Morgan fingerprint density at radius 1 is 1.30 bits per heavy atom. The monoisotopic (exact) mass is 362 g/mol. The van der Waals surface area contributed by atoms with Gasteiger partial charge < -0.3 is 10.1 Å². The zero-order valence-electron chi connectivity index (χ0n) is 14.4. The summed E-state index contributed by atoms with van der Waals surface area (Å²) in [4.78, 5) is 0.335. The Bertz CT molecular complexity index is 634. The smallest absolute Gasteiger partial charge is 0.243 e. The van der Waals surface area contributed by atoms with Gasteiger partial charge in [0.05, 0.1) is 11.0 Å². The molecule has 2 unspecified atom stereocenters. The van der Waals surface area contributed by atoms with Gasteiger partial charge in [-0.25, -0.2) is 8.42 Å². The van der Waals surface area contributed by atoms with E-state index in [1.165, 1.54) is 0 Å². The molecule has 1 aromatic rings. The van der Waals surface area contributed by atoms with Gasteiger partial charge in [0.25, 0.3) is 0 Å². The molecule has 1 aliphatic heterocycles. The van der Waals surface area contributed by atoms with Crippen LogP contribution in [0.5, 0.6) is 5.75 Å². The van der Waals surface area contributed by atoms with Crippen LogP contribution in [0.4, 0.5) is 0 Å². The van der Waals surface area contributed by atoms with Crippen molar-refractivity contribution in [3.63, 3.8) is 0 Å². The van der Waals surface area contributed by atoms with E-state index in [9.17, 15) is 8.42 Å². The lowest BCUT2D eigenvalue weighted by Crippen LogP contribution is -2.57. The largest absolute Gasteiger partial charge is 0.491 e. The molecule has 0 radical (unpaired) electrons. The van der Waals surface area contributed by atoms with Crippen LogP contribution in [0.25, 0.3) is 0 Å². The minimum absolute atomic E-state index is 0. The lowest BCUT2D eigenvalue weighted by molar-refractivity contribution is 0.232. The number of ether oxygens (including phenoxy) is 1. The molecule has 1 aliphatic rings. The second-order valence-electron chi connectivity index (χ2n) is 6.19. The Hall–Kier alpha value is -0.820. The van der Waals surface area contributed by atoms with Crippen LogP contribution >= 0.6 is 12.4 Å². The number of nitrogens with one attached hydrogen (secondary N) is 1. The molecule has 1 aromatic carbocycles. The molecule has 0 bridgehead atoms. The molecule has 7 heteroatoms. The van der Waals surface area contributed by atoms with Gasteiger partial charge in [0.1, 0.15) is 5.75 Å². The maximum Gasteiger partial charge on any atom is 0.243 e. The van der Waals surface area contributed by atoms with Crippen LogP contribution in [0, 0.1) is 6.92 Å². The van der Waals surface area contributed by atoms with E-state index < -0.39 is 10.0 Å². The fourth-order valence-corrected chi connectivity index (χ4v) is 4.46. The van der Waals surface area contributed by atoms with Crippen LogP contribution in [-0.4, -0.2) is 44.0 Å². The summed E-state index contributed by atoms with van der Waals surface area (Å²) in [7, 11) is -3.47. The first-order valence-corrected chi connectivity index (χ1v) is 9.20. The molecule has 0 aromatic heterocycles. The molecule has 0 saturated carbocycles. The highest BCUT2D eigenvalue weighted by Crippen LogP contribution is 2.26. The van der Waals surface area contributed by atoms with Gasteiger partial charge in [-0.1, -0.05) is 0 Å². The average molecular weight is 363 g/mol. The van der Waals surface area contributed by atoms with Crippen molar-refractivity contribution < 1.29 is 13.2 Å². The summed E-state index contributed by atoms with van der Waals surface area (Å²) in [6.45, 7) is 10.9. The number of rotatable bonds is 4. The molecule has 0 spiro atoms. The van der Waals surface area contributed by atoms with Gasteiger partial charge in [-0.05, 0) is 58.4 Å². The molecule has 2 atom stereocenters. The van der Waals surface area contributed by atoms with Crippen molar-refractivity contribution in [1.82, 2.24) is 9.62 Å². The number of benzene rings is 1. The highest BCUT2D eigenvalue weighted by Gasteiger charge is 2.34.